The lowest BCUT2D eigenvalue weighted by Crippen LogP contribution is -1.83. The first-order chi connectivity index (χ1) is 6.77. The summed E-state index contributed by atoms with van der Waals surface area (Å²) in [5.74, 6) is 0. The molecular weight excluding hydrogens is 212 g/mol. The molecule has 2 aromatic rings. The average molecular weight is 225 g/mol. The summed E-state index contributed by atoms with van der Waals surface area (Å²) >= 11 is 8.10. The standard InChI is InChI=1S/C12H13ClS/c1-3-8-10(4-2)14-11-7-5-6-9(13)12(8)11/h5-7H,3-4H2,1-2H3. The Labute approximate surface area is 93.5 Å². The lowest BCUT2D eigenvalue weighted by atomic mass is 10.1. The summed E-state index contributed by atoms with van der Waals surface area (Å²) < 4.78 is 1.33. The SMILES string of the molecule is CCc1sc2cccc(Cl)c2c1CC. The molecule has 0 amide bonds. The zero-order valence-electron chi connectivity index (χ0n) is 8.43. The Morgan fingerprint density at radius 3 is 2.64 bits per heavy atom. The second kappa shape index (κ2) is 3.92. The van der Waals surface area contributed by atoms with Crippen LogP contribution < -0.4 is 0 Å². The van der Waals surface area contributed by atoms with Gasteiger partial charge in [-0.3, -0.25) is 0 Å². The molecule has 74 valence electrons. The molecule has 0 spiro atoms. The molecule has 0 radical (unpaired) electrons. The van der Waals surface area contributed by atoms with Crippen LogP contribution in [0.2, 0.25) is 5.02 Å². The van der Waals surface area contributed by atoms with Gasteiger partial charge in [0, 0.05) is 20.0 Å². The van der Waals surface area contributed by atoms with Crippen LogP contribution in [0.25, 0.3) is 10.1 Å². The minimum Gasteiger partial charge on any atom is -0.140 e. The van der Waals surface area contributed by atoms with Crippen molar-refractivity contribution in [2.45, 2.75) is 26.7 Å². The van der Waals surface area contributed by atoms with Crippen molar-refractivity contribution in [2.24, 2.45) is 0 Å². The molecule has 14 heavy (non-hydrogen) atoms. The number of hydrogen-bond acceptors (Lipinski definition) is 1. The quantitative estimate of drug-likeness (QED) is 0.695. The number of halogens is 1. The van der Waals surface area contributed by atoms with E-state index in [1.807, 2.05) is 23.5 Å². The fourth-order valence-corrected chi connectivity index (χ4v) is 3.48. The lowest BCUT2D eigenvalue weighted by molar-refractivity contribution is 1.08. The van der Waals surface area contributed by atoms with E-state index in [4.69, 9.17) is 11.6 Å². The monoisotopic (exact) mass is 224 g/mol. The van der Waals surface area contributed by atoms with Crippen LogP contribution in [0.4, 0.5) is 0 Å². The van der Waals surface area contributed by atoms with Crippen molar-refractivity contribution in [3.8, 4) is 0 Å². The molecule has 0 nitrogen and oxygen atoms in total. The zero-order valence-corrected chi connectivity index (χ0v) is 10.0. The van der Waals surface area contributed by atoms with E-state index in [0.717, 1.165) is 17.9 Å². The van der Waals surface area contributed by atoms with Crippen molar-refractivity contribution in [2.75, 3.05) is 0 Å². The summed E-state index contributed by atoms with van der Waals surface area (Å²) in [4.78, 5) is 1.48. The molecule has 1 aromatic carbocycles. The largest absolute Gasteiger partial charge is 0.140 e. The van der Waals surface area contributed by atoms with Gasteiger partial charge in [-0.1, -0.05) is 31.5 Å². The van der Waals surface area contributed by atoms with Gasteiger partial charge >= 0.3 is 0 Å². The number of rotatable bonds is 2. The zero-order chi connectivity index (χ0) is 10.1. The Morgan fingerprint density at radius 2 is 2.00 bits per heavy atom. The average Bonchev–Trinajstić information content (AvgIpc) is 2.56. The lowest BCUT2D eigenvalue weighted by Gasteiger charge is -1.99. The normalized spacial score (nSPS) is 11.1. The highest BCUT2D eigenvalue weighted by molar-refractivity contribution is 7.19. The van der Waals surface area contributed by atoms with E-state index >= 15 is 0 Å². The maximum atomic E-state index is 6.22. The van der Waals surface area contributed by atoms with E-state index in [0.29, 0.717) is 0 Å². The molecule has 0 saturated heterocycles. The Morgan fingerprint density at radius 1 is 1.21 bits per heavy atom. The summed E-state index contributed by atoms with van der Waals surface area (Å²) in [7, 11) is 0. The molecule has 0 saturated carbocycles. The first kappa shape index (κ1) is 10.0. The molecule has 0 aliphatic carbocycles. The van der Waals surface area contributed by atoms with E-state index in [1.165, 1.54) is 20.5 Å². The van der Waals surface area contributed by atoms with E-state index < -0.39 is 0 Å². The fraction of sp³-hybridized carbons (Fsp3) is 0.333. The molecule has 0 bridgehead atoms. The molecule has 1 heterocycles. The molecule has 0 atom stereocenters. The van der Waals surface area contributed by atoms with Gasteiger partial charge in [0.25, 0.3) is 0 Å². The smallest absolute Gasteiger partial charge is 0.0495 e. The van der Waals surface area contributed by atoms with Crippen LogP contribution >= 0.6 is 22.9 Å². The highest BCUT2D eigenvalue weighted by Gasteiger charge is 2.11. The van der Waals surface area contributed by atoms with Gasteiger partial charge < -0.3 is 0 Å². The number of hydrogen-bond donors (Lipinski definition) is 0. The molecule has 2 rings (SSSR count). The van der Waals surface area contributed by atoms with Gasteiger partial charge in [0.05, 0.1) is 0 Å². The van der Waals surface area contributed by atoms with E-state index in [9.17, 15) is 0 Å². The molecule has 2 heteroatoms. The van der Waals surface area contributed by atoms with Crippen molar-refractivity contribution < 1.29 is 0 Å². The minimum atomic E-state index is 0.898. The molecular formula is C12H13ClS. The van der Waals surface area contributed by atoms with Crippen molar-refractivity contribution in [1.29, 1.82) is 0 Å². The number of thiophene rings is 1. The third kappa shape index (κ3) is 1.45. The van der Waals surface area contributed by atoms with Crippen molar-refractivity contribution in [3.05, 3.63) is 33.7 Å². The number of aryl methyl sites for hydroxylation is 2. The van der Waals surface area contributed by atoms with Crippen molar-refractivity contribution >= 4 is 33.0 Å². The van der Waals surface area contributed by atoms with Gasteiger partial charge in [0.15, 0.2) is 0 Å². The number of benzene rings is 1. The first-order valence-corrected chi connectivity index (χ1v) is 6.16. The van der Waals surface area contributed by atoms with E-state index in [-0.39, 0.29) is 0 Å². The van der Waals surface area contributed by atoms with Crippen LogP contribution in [0.15, 0.2) is 18.2 Å². The summed E-state index contributed by atoms with van der Waals surface area (Å²) in [6.45, 7) is 4.40. The molecule has 0 aliphatic heterocycles. The highest BCUT2D eigenvalue weighted by Crippen LogP contribution is 2.36. The first-order valence-electron chi connectivity index (χ1n) is 4.96. The van der Waals surface area contributed by atoms with Crippen LogP contribution in [-0.4, -0.2) is 0 Å². The third-order valence-corrected chi connectivity index (χ3v) is 4.18. The molecule has 0 unspecified atom stereocenters. The Bertz CT molecular complexity index is 457. The number of fused-ring (bicyclic) bond motifs is 1. The predicted octanol–water partition coefficient (Wildman–Crippen LogP) is 4.68. The van der Waals surface area contributed by atoms with Crippen LogP contribution in [0.5, 0.6) is 0 Å². The minimum absolute atomic E-state index is 0.898. The summed E-state index contributed by atoms with van der Waals surface area (Å²) in [5.41, 5.74) is 1.44. The van der Waals surface area contributed by atoms with Gasteiger partial charge in [-0.15, -0.1) is 11.3 Å². The van der Waals surface area contributed by atoms with Crippen LogP contribution in [0.1, 0.15) is 24.3 Å². The molecule has 1 aromatic heterocycles. The topological polar surface area (TPSA) is 0 Å². The Kier molecular flexibility index (Phi) is 2.80. The van der Waals surface area contributed by atoms with Gasteiger partial charge in [0.1, 0.15) is 0 Å². The van der Waals surface area contributed by atoms with Gasteiger partial charge in [-0.2, -0.15) is 0 Å². The summed E-state index contributed by atoms with van der Waals surface area (Å²) in [6.07, 6.45) is 2.19. The van der Waals surface area contributed by atoms with Crippen molar-refractivity contribution in [3.63, 3.8) is 0 Å². The summed E-state index contributed by atoms with van der Waals surface area (Å²) in [6, 6.07) is 6.17. The molecule has 0 aliphatic rings. The fourth-order valence-electron chi connectivity index (χ4n) is 1.88. The Hall–Kier alpha value is -0.530. The predicted molar refractivity (Wildman–Crippen MR) is 65.6 cm³/mol. The van der Waals surface area contributed by atoms with E-state index in [2.05, 4.69) is 19.9 Å². The van der Waals surface area contributed by atoms with Gasteiger partial charge in [-0.05, 0) is 30.5 Å². The van der Waals surface area contributed by atoms with Crippen molar-refractivity contribution in [1.82, 2.24) is 0 Å². The third-order valence-electron chi connectivity index (χ3n) is 2.52. The van der Waals surface area contributed by atoms with E-state index in [1.54, 1.807) is 0 Å². The molecule has 0 N–H and O–H groups in total. The van der Waals surface area contributed by atoms with Crippen LogP contribution in [0, 0.1) is 0 Å². The Balaban J connectivity index is 2.81. The highest BCUT2D eigenvalue weighted by atomic mass is 35.5. The maximum absolute atomic E-state index is 6.22. The second-order valence-electron chi connectivity index (χ2n) is 3.32. The molecule has 0 fully saturated rings. The van der Waals surface area contributed by atoms with Crippen LogP contribution in [0.3, 0.4) is 0 Å². The maximum Gasteiger partial charge on any atom is 0.0495 e. The van der Waals surface area contributed by atoms with Crippen LogP contribution in [-0.2, 0) is 12.8 Å². The summed E-state index contributed by atoms with van der Waals surface area (Å²) in [5, 5.41) is 2.17. The van der Waals surface area contributed by atoms with Gasteiger partial charge in [-0.25, -0.2) is 0 Å². The second-order valence-corrected chi connectivity index (χ2v) is 4.87. The van der Waals surface area contributed by atoms with Gasteiger partial charge in [0.2, 0.25) is 0 Å².